The van der Waals surface area contributed by atoms with Crippen LogP contribution >= 0.6 is 12.6 Å². The molecule has 296 valence electrons. The maximum absolute atomic E-state index is 13.8. The maximum Gasteiger partial charge on any atom is 0.460 e. The number of hydrogen-bond donors (Lipinski definition) is 1. The zero-order valence-corrected chi connectivity index (χ0v) is 22.0. The Morgan fingerprint density at radius 2 is 0.367 bits per heavy atom. The van der Waals surface area contributed by atoms with Crippen LogP contribution in [0.2, 0.25) is 0 Å². The zero-order valence-electron chi connectivity index (χ0n) is 21.1. The largest absolute Gasteiger partial charge is 0.460 e. The van der Waals surface area contributed by atoms with Crippen LogP contribution in [0.25, 0.3) is 0 Å². The van der Waals surface area contributed by atoms with Gasteiger partial charge in [0.1, 0.15) is 0 Å². The van der Waals surface area contributed by atoms with E-state index in [4.69, 9.17) is 0 Å². The van der Waals surface area contributed by atoms with Crippen LogP contribution in [0.3, 0.4) is 0 Å². The minimum Gasteiger partial charge on any atom is -0.200 e. The van der Waals surface area contributed by atoms with Gasteiger partial charge in [0.25, 0.3) is 0 Å². The summed E-state index contributed by atoms with van der Waals surface area (Å²) in [5.41, 5.74) is 0. The van der Waals surface area contributed by atoms with Gasteiger partial charge in [-0.05, 0) is 5.75 Å². The summed E-state index contributed by atoms with van der Waals surface area (Å²) in [6, 6.07) is 0. The van der Waals surface area contributed by atoms with Crippen LogP contribution in [-0.4, -0.2) is 94.8 Å². The molecule has 0 fully saturated rings. The van der Waals surface area contributed by atoms with Crippen LogP contribution in [0.1, 0.15) is 6.42 Å². The minimum absolute atomic E-state index is 1.85. The number of alkyl halides is 31. The Morgan fingerprint density at radius 3 is 0.510 bits per heavy atom. The van der Waals surface area contributed by atoms with Gasteiger partial charge in [-0.2, -0.15) is 149 Å². The van der Waals surface area contributed by atoms with Crippen LogP contribution in [-0.2, 0) is 0 Å². The van der Waals surface area contributed by atoms with Gasteiger partial charge in [0, 0.05) is 6.42 Å². The first kappa shape index (κ1) is 47.2. The Hall–Kier alpha value is -1.82. The van der Waals surface area contributed by atoms with Gasteiger partial charge >= 0.3 is 89.1 Å². The molecule has 0 aromatic heterocycles. The predicted octanol–water partition coefficient (Wildman–Crippen LogP) is 10.8. The molecule has 0 aliphatic rings. The van der Waals surface area contributed by atoms with E-state index < -0.39 is 101 Å². The standard InChI is InChI=1S/C17H5F31S/c18-3(19,1-2-49)4(20,21)5(22,23)6(24,25)7(26,27)8(28,29)9(30,31)10(32,33)11(34,35)12(36,37)13(38,39)14(40,41)15(42,43)16(44,45)17(46,47)48/h49H,1-2H2. The maximum atomic E-state index is 13.8. The Kier molecular flexibility index (Phi) is 11.2. The molecule has 0 radical (unpaired) electrons. The Morgan fingerprint density at radius 1 is 0.224 bits per heavy atom. The smallest absolute Gasteiger partial charge is 0.200 e. The number of rotatable bonds is 15. The molecule has 0 aromatic carbocycles. The molecule has 0 bridgehead atoms. The summed E-state index contributed by atoms with van der Waals surface area (Å²) < 4.78 is 414. The van der Waals surface area contributed by atoms with Crippen molar-refractivity contribution in [3.05, 3.63) is 0 Å². The first-order valence-electron chi connectivity index (χ1n) is 10.5. The quantitative estimate of drug-likeness (QED) is 0.123. The van der Waals surface area contributed by atoms with E-state index in [1.165, 1.54) is 0 Å². The lowest BCUT2D eigenvalue weighted by molar-refractivity contribution is -0.489. The number of thiol groups is 1. The van der Waals surface area contributed by atoms with Crippen LogP contribution < -0.4 is 0 Å². The van der Waals surface area contributed by atoms with Gasteiger partial charge in [-0.25, -0.2) is 0 Å². The van der Waals surface area contributed by atoms with Crippen LogP contribution in [0.15, 0.2) is 0 Å². The SMILES string of the molecule is FC(F)(F)C(F)(F)C(F)(F)C(F)(F)C(F)(F)C(F)(F)C(F)(F)C(F)(F)C(F)(F)C(F)(F)C(F)(F)C(F)(F)C(F)(F)C(F)(F)C(F)(F)CCS. The highest BCUT2D eigenvalue weighted by atomic mass is 32.1. The van der Waals surface area contributed by atoms with E-state index >= 15 is 0 Å². The summed E-state index contributed by atoms with van der Waals surface area (Å²) >= 11 is 2.66. The normalized spacial score (nSPS) is 17.1. The van der Waals surface area contributed by atoms with Crippen LogP contribution in [0.5, 0.6) is 0 Å². The highest BCUT2D eigenvalue weighted by Gasteiger charge is 3.01. The molecular weight excluding hydrogens is 825 g/mol. The third kappa shape index (κ3) is 5.49. The Bertz CT molecular complexity index is 1190. The molecule has 0 amide bonds. The van der Waals surface area contributed by atoms with Gasteiger partial charge in [0.2, 0.25) is 0 Å². The molecule has 0 aromatic rings. The van der Waals surface area contributed by atoms with Crippen molar-refractivity contribution in [2.24, 2.45) is 0 Å². The lowest BCUT2D eigenvalue weighted by atomic mass is 9.83. The summed E-state index contributed by atoms with van der Waals surface area (Å²) in [6.45, 7) is 0. The van der Waals surface area contributed by atoms with Crippen molar-refractivity contribution in [2.75, 3.05) is 5.75 Å². The second kappa shape index (κ2) is 11.6. The van der Waals surface area contributed by atoms with Gasteiger partial charge in [0.15, 0.2) is 0 Å². The molecule has 0 saturated heterocycles. The van der Waals surface area contributed by atoms with E-state index in [1.54, 1.807) is 0 Å². The molecule has 49 heavy (non-hydrogen) atoms. The monoisotopic (exact) mass is 830 g/mol. The van der Waals surface area contributed by atoms with Gasteiger partial charge in [-0.1, -0.05) is 0 Å². The topological polar surface area (TPSA) is 0 Å². The van der Waals surface area contributed by atoms with Crippen molar-refractivity contribution in [3.63, 3.8) is 0 Å². The van der Waals surface area contributed by atoms with E-state index in [2.05, 4.69) is 12.6 Å². The van der Waals surface area contributed by atoms with Gasteiger partial charge < -0.3 is 0 Å². The van der Waals surface area contributed by atoms with E-state index in [1.807, 2.05) is 0 Å². The molecular formula is C17H5F31S. The van der Waals surface area contributed by atoms with E-state index in [0.29, 0.717) is 0 Å². The lowest BCUT2D eigenvalue weighted by Crippen LogP contribution is -2.79. The molecule has 0 N–H and O–H groups in total. The molecule has 0 aliphatic carbocycles. The lowest BCUT2D eigenvalue weighted by Gasteiger charge is -2.46. The molecule has 0 spiro atoms. The van der Waals surface area contributed by atoms with E-state index in [-0.39, 0.29) is 0 Å². The third-order valence-electron chi connectivity index (χ3n) is 5.97. The first-order valence-corrected chi connectivity index (χ1v) is 11.2. The van der Waals surface area contributed by atoms with E-state index in [0.717, 1.165) is 0 Å². The summed E-state index contributed by atoms with van der Waals surface area (Å²) in [4.78, 5) is 0. The van der Waals surface area contributed by atoms with Crippen LogP contribution in [0, 0.1) is 0 Å². The molecule has 0 nitrogen and oxygen atoms in total. The number of hydrogen-bond acceptors (Lipinski definition) is 1. The molecule has 0 heterocycles. The highest BCUT2D eigenvalue weighted by Crippen LogP contribution is 2.69. The van der Waals surface area contributed by atoms with Crippen LogP contribution in [0.4, 0.5) is 136 Å². The van der Waals surface area contributed by atoms with Crippen molar-refractivity contribution < 1.29 is 136 Å². The van der Waals surface area contributed by atoms with Gasteiger partial charge in [-0.15, -0.1) is 0 Å². The summed E-state index contributed by atoms with van der Waals surface area (Å²) in [6.07, 6.45) is -11.3. The highest BCUT2D eigenvalue weighted by molar-refractivity contribution is 7.80. The first-order chi connectivity index (χ1) is 20.6. The summed E-state index contributed by atoms with van der Waals surface area (Å²) in [5, 5.41) is 0. The average molecular weight is 830 g/mol. The Balaban J connectivity index is 7.62. The van der Waals surface area contributed by atoms with Crippen molar-refractivity contribution in [3.8, 4) is 0 Å². The minimum atomic E-state index is -10.1. The predicted molar refractivity (Wildman–Crippen MR) is 93.8 cm³/mol. The van der Waals surface area contributed by atoms with Gasteiger partial charge in [0.05, 0.1) is 0 Å². The van der Waals surface area contributed by atoms with Crippen molar-refractivity contribution in [1.82, 2.24) is 0 Å². The van der Waals surface area contributed by atoms with Gasteiger partial charge in [-0.3, -0.25) is 0 Å². The molecule has 0 aliphatic heterocycles. The fourth-order valence-electron chi connectivity index (χ4n) is 2.87. The fraction of sp³-hybridized carbons (Fsp3) is 1.00. The molecule has 0 rings (SSSR count). The second-order valence-electron chi connectivity index (χ2n) is 9.14. The zero-order chi connectivity index (χ0) is 40.9. The molecule has 0 unspecified atom stereocenters. The van der Waals surface area contributed by atoms with Crippen molar-refractivity contribution in [1.29, 1.82) is 0 Å². The molecule has 0 atom stereocenters. The van der Waals surface area contributed by atoms with Crippen molar-refractivity contribution >= 4 is 12.6 Å². The third-order valence-corrected chi connectivity index (χ3v) is 6.20. The number of halogens is 31. The van der Waals surface area contributed by atoms with Crippen molar-refractivity contribution in [2.45, 2.75) is 95.5 Å². The second-order valence-corrected chi connectivity index (χ2v) is 9.59. The fourth-order valence-corrected chi connectivity index (χ4v) is 3.15. The van der Waals surface area contributed by atoms with E-state index in [9.17, 15) is 136 Å². The Labute approximate surface area is 251 Å². The average Bonchev–Trinajstić information content (AvgIpc) is 2.86. The summed E-state index contributed by atoms with van der Waals surface area (Å²) in [5.74, 6) is -133. The summed E-state index contributed by atoms with van der Waals surface area (Å²) in [7, 11) is 0. The molecule has 32 heteroatoms. The molecule has 0 saturated carbocycles.